The van der Waals surface area contributed by atoms with Crippen LogP contribution in [0.1, 0.15) is 39.6 Å². The molecule has 2 rings (SSSR count). The number of hydrogen-bond donors (Lipinski definition) is 3. The first-order chi connectivity index (χ1) is 10.7. The van der Waals surface area contributed by atoms with E-state index in [1.54, 1.807) is 19.1 Å². The molecule has 7 nitrogen and oxygen atoms in total. The molecule has 0 bridgehead atoms. The standard InChI is InChI=1S/C15H16N2O5S/c1-8-7-10(16-12(18)9-5-4-6-22-9)23-11(8)13(19)17-15(2,3)14(20)21/h4-7H,1-3H3,(H,16,18)(H,17,19)(H,20,21). The molecular formula is C15H16N2O5S. The highest BCUT2D eigenvalue weighted by Crippen LogP contribution is 2.27. The van der Waals surface area contributed by atoms with Gasteiger partial charge < -0.3 is 20.2 Å². The molecule has 3 N–H and O–H groups in total. The zero-order chi connectivity index (χ0) is 17.2. The minimum Gasteiger partial charge on any atom is -0.480 e. The zero-order valence-electron chi connectivity index (χ0n) is 12.8. The number of thiophene rings is 1. The van der Waals surface area contributed by atoms with Crippen molar-refractivity contribution in [1.82, 2.24) is 5.32 Å². The van der Waals surface area contributed by atoms with Crippen molar-refractivity contribution in [3.8, 4) is 0 Å². The van der Waals surface area contributed by atoms with E-state index in [0.29, 0.717) is 15.4 Å². The average Bonchev–Trinajstić information content (AvgIpc) is 3.07. The van der Waals surface area contributed by atoms with Gasteiger partial charge in [0.2, 0.25) is 0 Å². The SMILES string of the molecule is Cc1cc(NC(=O)c2ccco2)sc1C(=O)NC(C)(C)C(=O)O. The third-order valence-electron chi connectivity index (χ3n) is 3.07. The number of carbonyl (C=O) groups is 3. The van der Waals surface area contributed by atoms with Gasteiger partial charge in [-0.2, -0.15) is 0 Å². The Morgan fingerprint density at radius 1 is 1.26 bits per heavy atom. The Balaban J connectivity index is 2.13. The molecule has 0 saturated carbocycles. The summed E-state index contributed by atoms with van der Waals surface area (Å²) in [5.41, 5.74) is -0.742. The van der Waals surface area contributed by atoms with Crippen molar-refractivity contribution in [2.24, 2.45) is 0 Å². The topological polar surface area (TPSA) is 109 Å². The van der Waals surface area contributed by atoms with Crippen molar-refractivity contribution in [2.75, 3.05) is 5.32 Å². The molecule has 0 aromatic carbocycles. The van der Waals surface area contributed by atoms with Crippen LogP contribution in [0.5, 0.6) is 0 Å². The minimum atomic E-state index is -1.38. The molecule has 0 fully saturated rings. The van der Waals surface area contributed by atoms with Crippen molar-refractivity contribution < 1.29 is 23.9 Å². The number of aliphatic carboxylic acids is 1. The Bertz CT molecular complexity index is 746. The third kappa shape index (κ3) is 3.78. The first-order valence-electron chi connectivity index (χ1n) is 6.72. The lowest BCUT2D eigenvalue weighted by atomic mass is 10.1. The summed E-state index contributed by atoms with van der Waals surface area (Å²) in [7, 11) is 0. The lowest BCUT2D eigenvalue weighted by Gasteiger charge is -2.20. The van der Waals surface area contributed by atoms with Gasteiger partial charge >= 0.3 is 5.97 Å². The quantitative estimate of drug-likeness (QED) is 0.777. The van der Waals surface area contributed by atoms with Crippen molar-refractivity contribution in [1.29, 1.82) is 0 Å². The van der Waals surface area contributed by atoms with Crippen molar-refractivity contribution in [3.05, 3.63) is 40.7 Å². The molecule has 0 atom stereocenters. The van der Waals surface area contributed by atoms with Crippen LogP contribution in [0.3, 0.4) is 0 Å². The van der Waals surface area contributed by atoms with Crippen LogP contribution in [0.15, 0.2) is 28.9 Å². The largest absolute Gasteiger partial charge is 0.480 e. The van der Waals surface area contributed by atoms with Crippen LogP contribution < -0.4 is 10.6 Å². The lowest BCUT2D eigenvalue weighted by Crippen LogP contribution is -2.49. The molecule has 0 spiro atoms. The fourth-order valence-electron chi connectivity index (χ4n) is 1.74. The second-order valence-electron chi connectivity index (χ2n) is 5.44. The molecule has 122 valence electrons. The van der Waals surface area contributed by atoms with Crippen LogP contribution in [0, 0.1) is 6.92 Å². The number of hydrogen-bond acceptors (Lipinski definition) is 5. The molecule has 0 saturated heterocycles. The summed E-state index contributed by atoms with van der Waals surface area (Å²) in [4.78, 5) is 35.5. The van der Waals surface area contributed by atoms with Crippen LogP contribution in [0.2, 0.25) is 0 Å². The maximum Gasteiger partial charge on any atom is 0.328 e. The summed E-state index contributed by atoms with van der Waals surface area (Å²) in [5.74, 6) is -1.90. The molecular weight excluding hydrogens is 320 g/mol. The number of aryl methyl sites for hydroxylation is 1. The fourth-order valence-corrected chi connectivity index (χ4v) is 2.71. The van der Waals surface area contributed by atoms with E-state index in [-0.39, 0.29) is 5.76 Å². The molecule has 2 amide bonds. The number of nitrogens with one attached hydrogen (secondary N) is 2. The molecule has 0 aliphatic rings. The predicted octanol–water partition coefficient (Wildman–Crippen LogP) is 2.49. The van der Waals surface area contributed by atoms with Gasteiger partial charge in [0.1, 0.15) is 5.54 Å². The number of furan rings is 1. The number of rotatable bonds is 5. The lowest BCUT2D eigenvalue weighted by molar-refractivity contribution is -0.143. The zero-order valence-corrected chi connectivity index (χ0v) is 13.6. The molecule has 8 heteroatoms. The number of carbonyl (C=O) groups excluding carboxylic acids is 2. The molecule has 0 radical (unpaired) electrons. The van der Waals surface area contributed by atoms with E-state index in [2.05, 4.69) is 10.6 Å². The summed E-state index contributed by atoms with van der Waals surface area (Å²) in [6.45, 7) is 4.51. The number of amides is 2. The molecule has 23 heavy (non-hydrogen) atoms. The van der Waals surface area contributed by atoms with Gasteiger partial charge in [-0.1, -0.05) is 0 Å². The van der Waals surface area contributed by atoms with Crippen molar-refractivity contribution >= 4 is 34.1 Å². The summed E-state index contributed by atoms with van der Waals surface area (Å²) in [5, 5.41) is 14.6. The molecule has 0 unspecified atom stereocenters. The monoisotopic (exact) mass is 336 g/mol. The minimum absolute atomic E-state index is 0.161. The van der Waals surface area contributed by atoms with Crippen LogP contribution in [0.25, 0.3) is 0 Å². The Kier molecular flexibility index (Phi) is 4.55. The van der Waals surface area contributed by atoms with Gasteiger partial charge in [0.25, 0.3) is 11.8 Å². The highest BCUT2D eigenvalue weighted by Gasteiger charge is 2.30. The summed E-state index contributed by atoms with van der Waals surface area (Å²) in [6.07, 6.45) is 1.39. The van der Waals surface area contributed by atoms with E-state index in [0.717, 1.165) is 11.3 Å². The Labute approximate surface area is 136 Å². The highest BCUT2D eigenvalue weighted by atomic mass is 32.1. The average molecular weight is 336 g/mol. The summed E-state index contributed by atoms with van der Waals surface area (Å²) in [6, 6.07) is 4.77. The van der Waals surface area contributed by atoms with E-state index in [4.69, 9.17) is 9.52 Å². The van der Waals surface area contributed by atoms with Crippen molar-refractivity contribution in [3.63, 3.8) is 0 Å². The normalized spacial score (nSPS) is 11.1. The van der Waals surface area contributed by atoms with E-state index in [9.17, 15) is 14.4 Å². The molecule has 2 aromatic heterocycles. The smallest absolute Gasteiger partial charge is 0.328 e. The maximum absolute atomic E-state index is 12.2. The van der Waals surface area contributed by atoms with Gasteiger partial charge in [-0.15, -0.1) is 11.3 Å². The van der Waals surface area contributed by atoms with E-state index >= 15 is 0 Å². The fraction of sp³-hybridized carbons (Fsp3) is 0.267. The van der Waals surface area contributed by atoms with E-state index < -0.39 is 23.3 Å². The maximum atomic E-state index is 12.2. The van der Waals surface area contributed by atoms with Gasteiger partial charge in [-0.05, 0) is 44.5 Å². The first-order valence-corrected chi connectivity index (χ1v) is 7.53. The molecule has 2 heterocycles. The Morgan fingerprint density at radius 3 is 2.52 bits per heavy atom. The van der Waals surface area contributed by atoms with Gasteiger partial charge in [0, 0.05) is 0 Å². The Hall–Kier alpha value is -2.61. The Morgan fingerprint density at radius 2 is 1.96 bits per heavy atom. The predicted molar refractivity (Wildman–Crippen MR) is 84.9 cm³/mol. The summed E-state index contributed by atoms with van der Waals surface area (Å²) >= 11 is 1.07. The van der Waals surface area contributed by atoms with Gasteiger partial charge in [0.15, 0.2) is 5.76 Å². The first kappa shape index (κ1) is 16.8. The van der Waals surface area contributed by atoms with Gasteiger partial charge in [0.05, 0.1) is 16.1 Å². The van der Waals surface area contributed by atoms with Crippen LogP contribution in [-0.2, 0) is 4.79 Å². The van der Waals surface area contributed by atoms with E-state index in [1.807, 2.05) is 0 Å². The molecule has 0 aliphatic carbocycles. The third-order valence-corrected chi connectivity index (χ3v) is 4.22. The number of carboxylic acids is 1. The van der Waals surface area contributed by atoms with Crippen LogP contribution >= 0.6 is 11.3 Å². The van der Waals surface area contributed by atoms with Gasteiger partial charge in [-0.3, -0.25) is 9.59 Å². The van der Waals surface area contributed by atoms with Gasteiger partial charge in [-0.25, -0.2) is 4.79 Å². The van der Waals surface area contributed by atoms with Crippen LogP contribution in [0.4, 0.5) is 5.00 Å². The number of carboxylic acid groups (broad SMARTS) is 1. The molecule has 0 aliphatic heterocycles. The number of anilines is 1. The highest BCUT2D eigenvalue weighted by molar-refractivity contribution is 7.18. The van der Waals surface area contributed by atoms with E-state index in [1.165, 1.54) is 26.2 Å². The van der Waals surface area contributed by atoms with Crippen LogP contribution in [-0.4, -0.2) is 28.4 Å². The second kappa shape index (κ2) is 6.25. The summed E-state index contributed by atoms with van der Waals surface area (Å²) < 4.78 is 4.99. The van der Waals surface area contributed by atoms with Crippen molar-refractivity contribution in [2.45, 2.75) is 26.3 Å². The second-order valence-corrected chi connectivity index (χ2v) is 6.49. The molecule has 2 aromatic rings.